The predicted octanol–water partition coefficient (Wildman–Crippen LogP) is 3.97. The largest absolute Gasteiger partial charge is 0.469 e. The van der Waals surface area contributed by atoms with Crippen molar-refractivity contribution in [1.82, 2.24) is 14.9 Å². The number of halogens is 4. The highest BCUT2D eigenvalue weighted by atomic mass is 32.2. The van der Waals surface area contributed by atoms with E-state index in [0.717, 1.165) is 6.07 Å². The van der Waals surface area contributed by atoms with Crippen LogP contribution >= 0.6 is 0 Å². The molecule has 0 radical (unpaired) electrons. The molecule has 0 amide bonds. The molecular weight excluding hydrogens is 482 g/mol. The summed E-state index contributed by atoms with van der Waals surface area (Å²) in [6.07, 6.45) is -4.72. The number of hydrogen-bond donors (Lipinski definition) is 1. The maximum absolute atomic E-state index is 13.5. The molecule has 0 saturated heterocycles. The van der Waals surface area contributed by atoms with Crippen molar-refractivity contribution < 1.29 is 40.0 Å². The first kappa shape index (κ1) is 25.3. The Morgan fingerprint density at radius 2 is 1.85 bits per heavy atom. The Morgan fingerprint density at radius 1 is 1.15 bits per heavy atom. The van der Waals surface area contributed by atoms with Crippen LogP contribution < -0.4 is 4.72 Å². The number of nitrogens with one attached hydrogen (secondary N) is 1. The summed E-state index contributed by atoms with van der Waals surface area (Å²) in [5, 5.41) is 3.75. The van der Waals surface area contributed by atoms with Crippen molar-refractivity contribution in [3.63, 3.8) is 0 Å². The standard InChI is InChI=1S/C21H19F4N3O5S/c1-3-12-10-13(5-7-17(12)34(30,31)26-9-8-18(29)32-2)19-27-20(33-28-19)14-4-6-16(22)15(11-14)21(23,24)25/h4-7,10-11,26H,3,8-9H2,1-2H3. The normalized spacial score (nSPS) is 12.1. The van der Waals surface area contributed by atoms with Crippen LogP contribution in [0.15, 0.2) is 45.8 Å². The Balaban J connectivity index is 1.88. The van der Waals surface area contributed by atoms with Gasteiger partial charge in [0, 0.05) is 17.7 Å². The van der Waals surface area contributed by atoms with Crippen molar-refractivity contribution in [3.8, 4) is 22.8 Å². The van der Waals surface area contributed by atoms with E-state index in [-0.39, 0.29) is 35.1 Å². The van der Waals surface area contributed by atoms with E-state index in [1.54, 1.807) is 6.92 Å². The summed E-state index contributed by atoms with van der Waals surface area (Å²) >= 11 is 0. The van der Waals surface area contributed by atoms with Crippen molar-refractivity contribution in [2.45, 2.75) is 30.8 Å². The smallest absolute Gasteiger partial charge is 0.419 e. The van der Waals surface area contributed by atoms with Crippen LogP contribution in [0.25, 0.3) is 22.8 Å². The molecule has 34 heavy (non-hydrogen) atoms. The number of ether oxygens (including phenoxy) is 1. The molecule has 3 aromatic rings. The lowest BCUT2D eigenvalue weighted by atomic mass is 10.1. The van der Waals surface area contributed by atoms with Gasteiger partial charge >= 0.3 is 12.1 Å². The van der Waals surface area contributed by atoms with Crippen LogP contribution in [0.1, 0.15) is 24.5 Å². The molecule has 13 heteroatoms. The summed E-state index contributed by atoms with van der Waals surface area (Å²) in [6, 6.07) is 6.55. The summed E-state index contributed by atoms with van der Waals surface area (Å²) in [5.41, 5.74) is -0.821. The lowest BCUT2D eigenvalue weighted by Crippen LogP contribution is -2.27. The number of hydrogen-bond acceptors (Lipinski definition) is 7. The number of aromatic nitrogens is 2. The molecule has 8 nitrogen and oxygen atoms in total. The van der Waals surface area contributed by atoms with E-state index in [0.29, 0.717) is 29.7 Å². The van der Waals surface area contributed by atoms with E-state index >= 15 is 0 Å². The summed E-state index contributed by atoms with van der Waals surface area (Å²) in [5.74, 6) is -2.25. The van der Waals surface area contributed by atoms with Gasteiger partial charge in [-0.15, -0.1) is 0 Å². The first-order valence-corrected chi connectivity index (χ1v) is 11.3. The summed E-state index contributed by atoms with van der Waals surface area (Å²) in [4.78, 5) is 15.2. The van der Waals surface area contributed by atoms with Gasteiger partial charge in [-0.3, -0.25) is 4.79 Å². The van der Waals surface area contributed by atoms with Crippen molar-refractivity contribution in [2.75, 3.05) is 13.7 Å². The zero-order valence-corrected chi connectivity index (χ0v) is 18.8. The second-order valence-electron chi connectivity index (χ2n) is 7.02. The lowest BCUT2D eigenvalue weighted by molar-refractivity contribution is -0.141. The number of nitrogens with zero attached hydrogens (tertiary/aromatic N) is 2. The number of carbonyl (C=O) groups is 1. The monoisotopic (exact) mass is 501 g/mol. The molecule has 0 fully saturated rings. The molecule has 2 aromatic carbocycles. The van der Waals surface area contributed by atoms with E-state index in [9.17, 15) is 30.8 Å². The zero-order valence-electron chi connectivity index (χ0n) is 17.9. The molecule has 0 aliphatic heterocycles. The van der Waals surface area contributed by atoms with Crippen LogP contribution in [0.2, 0.25) is 0 Å². The van der Waals surface area contributed by atoms with E-state index in [1.807, 2.05) is 0 Å². The number of esters is 1. The molecule has 0 aliphatic rings. The van der Waals surface area contributed by atoms with Crippen molar-refractivity contribution in [3.05, 3.63) is 53.3 Å². The fraction of sp³-hybridized carbons (Fsp3) is 0.286. The first-order valence-electron chi connectivity index (χ1n) is 9.87. The van der Waals surface area contributed by atoms with Crippen LogP contribution in [-0.2, 0) is 32.2 Å². The molecule has 182 valence electrons. The van der Waals surface area contributed by atoms with Gasteiger partial charge in [-0.2, -0.15) is 18.2 Å². The Kier molecular flexibility index (Phi) is 7.36. The van der Waals surface area contributed by atoms with Crippen molar-refractivity contribution in [2.24, 2.45) is 0 Å². The highest BCUT2D eigenvalue weighted by molar-refractivity contribution is 7.89. The fourth-order valence-corrected chi connectivity index (χ4v) is 4.38. The molecule has 1 aromatic heterocycles. The quantitative estimate of drug-likeness (QED) is 0.367. The van der Waals surface area contributed by atoms with Crippen LogP contribution in [-0.4, -0.2) is 38.2 Å². The van der Waals surface area contributed by atoms with Crippen molar-refractivity contribution >= 4 is 16.0 Å². The maximum atomic E-state index is 13.5. The first-order chi connectivity index (χ1) is 16.0. The highest BCUT2D eigenvalue weighted by Crippen LogP contribution is 2.34. The molecule has 0 saturated carbocycles. The second-order valence-corrected chi connectivity index (χ2v) is 8.75. The Morgan fingerprint density at radius 3 is 2.50 bits per heavy atom. The van der Waals surface area contributed by atoms with Gasteiger partial charge in [-0.05, 0) is 48.4 Å². The number of sulfonamides is 1. The van der Waals surface area contributed by atoms with Gasteiger partial charge in [0.25, 0.3) is 5.89 Å². The Bertz CT molecular complexity index is 1310. The van der Waals surface area contributed by atoms with E-state index in [2.05, 4.69) is 19.6 Å². The third-order valence-corrected chi connectivity index (χ3v) is 6.34. The number of benzene rings is 2. The summed E-state index contributed by atoms with van der Waals surface area (Å²) < 4.78 is 89.6. The van der Waals surface area contributed by atoms with Gasteiger partial charge < -0.3 is 9.26 Å². The molecule has 0 atom stereocenters. The van der Waals surface area contributed by atoms with E-state index in [4.69, 9.17) is 4.52 Å². The molecule has 1 heterocycles. The second kappa shape index (κ2) is 9.89. The number of aryl methyl sites for hydroxylation is 1. The maximum Gasteiger partial charge on any atom is 0.419 e. The average molecular weight is 501 g/mol. The minimum Gasteiger partial charge on any atom is -0.469 e. The summed E-state index contributed by atoms with van der Waals surface area (Å²) in [6.45, 7) is 1.58. The van der Waals surface area contributed by atoms with Gasteiger partial charge in [0.2, 0.25) is 15.8 Å². The lowest BCUT2D eigenvalue weighted by Gasteiger charge is -2.11. The minimum absolute atomic E-state index is 0.00480. The Labute approximate surface area is 192 Å². The number of carbonyl (C=O) groups excluding carboxylic acids is 1. The Hall–Kier alpha value is -3.32. The number of methoxy groups -OCH3 is 1. The molecule has 1 N–H and O–H groups in total. The van der Waals surface area contributed by atoms with Crippen LogP contribution in [0.4, 0.5) is 17.6 Å². The van der Waals surface area contributed by atoms with E-state index in [1.165, 1.54) is 25.3 Å². The third kappa shape index (κ3) is 5.59. The average Bonchev–Trinajstić information content (AvgIpc) is 3.28. The SMILES string of the molecule is CCc1cc(-c2noc(-c3ccc(F)c(C(F)(F)F)c3)n2)ccc1S(=O)(=O)NCCC(=O)OC. The molecule has 0 aliphatic carbocycles. The molecule has 0 unspecified atom stereocenters. The molecule has 0 bridgehead atoms. The third-order valence-electron chi connectivity index (χ3n) is 4.78. The minimum atomic E-state index is -4.90. The van der Waals surface area contributed by atoms with Crippen molar-refractivity contribution in [1.29, 1.82) is 0 Å². The molecular formula is C21H19F4N3O5S. The molecule has 3 rings (SSSR count). The van der Waals surface area contributed by atoms with Gasteiger partial charge in [0.15, 0.2) is 0 Å². The molecule has 0 spiro atoms. The van der Waals surface area contributed by atoms with Gasteiger partial charge in [-0.25, -0.2) is 17.5 Å². The predicted molar refractivity (Wildman–Crippen MR) is 111 cm³/mol. The summed E-state index contributed by atoms with van der Waals surface area (Å²) in [7, 11) is -2.74. The van der Waals surface area contributed by atoms with Gasteiger partial charge in [0.05, 0.1) is 24.0 Å². The van der Waals surface area contributed by atoms with E-state index < -0.39 is 33.5 Å². The number of rotatable bonds is 8. The van der Waals surface area contributed by atoms with Crippen LogP contribution in [0.3, 0.4) is 0 Å². The number of alkyl halides is 3. The van der Waals surface area contributed by atoms with Gasteiger partial charge in [-0.1, -0.05) is 12.1 Å². The topological polar surface area (TPSA) is 111 Å². The van der Waals surface area contributed by atoms with Gasteiger partial charge in [0.1, 0.15) is 5.82 Å². The fourth-order valence-electron chi connectivity index (χ4n) is 3.06. The van der Waals surface area contributed by atoms with Crippen LogP contribution in [0.5, 0.6) is 0 Å². The highest BCUT2D eigenvalue weighted by Gasteiger charge is 2.34. The zero-order chi connectivity index (χ0) is 25.1. The van der Waals surface area contributed by atoms with Crippen LogP contribution in [0, 0.1) is 5.82 Å².